The smallest absolute Gasteiger partial charge is 0.320 e. The van der Waals surface area contributed by atoms with Crippen LogP contribution >= 0.6 is 0 Å². The average Bonchev–Trinajstić information content (AvgIpc) is 2.49. The van der Waals surface area contributed by atoms with Gasteiger partial charge in [-0.25, -0.2) is 0 Å². The first kappa shape index (κ1) is 12.4. The number of ether oxygens (including phenoxy) is 1. The molecule has 0 amide bonds. The van der Waals surface area contributed by atoms with Crippen molar-refractivity contribution >= 4 is 5.97 Å². The molecule has 0 aromatic carbocycles. The molecule has 5 nitrogen and oxygen atoms in total. The number of likely N-dealkylation sites (tertiary alicyclic amines) is 1. The van der Waals surface area contributed by atoms with E-state index in [-0.39, 0.29) is 6.10 Å². The zero-order chi connectivity index (χ0) is 11.4. The van der Waals surface area contributed by atoms with E-state index in [1.165, 1.54) is 0 Å². The summed E-state index contributed by atoms with van der Waals surface area (Å²) in [5.41, 5.74) is 0. The van der Waals surface area contributed by atoms with Gasteiger partial charge in [-0.1, -0.05) is 6.92 Å². The molecule has 88 valence electrons. The van der Waals surface area contributed by atoms with Gasteiger partial charge in [-0.05, 0) is 13.3 Å². The van der Waals surface area contributed by atoms with Crippen molar-refractivity contribution in [2.24, 2.45) is 0 Å². The van der Waals surface area contributed by atoms with Crippen LogP contribution in [0.5, 0.6) is 0 Å². The minimum absolute atomic E-state index is 0.247. The molecule has 0 saturated carbocycles. The molecular weight excluding hydrogens is 198 g/mol. The Hall–Kier alpha value is -0.650. The van der Waals surface area contributed by atoms with Crippen molar-refractivity contribution < 1.29 is 19.7 Å². The quantitative estimate of drug-likeness (QED) is 0.674. The van der Waals surface area contributed by atoms with Gasteiger partial charge in [0.1, 0.15) is 6.04 Å². The van der Waals surface area contributed by atoms with Crippen LogP contribution in [-0.2, 0) is 9.53 Å². The molecule has 1 aliphatic rings. The highest BCUT2D eigenvalue weighted by atomic mass is 16.5. The molecular formula is C10H19NO4. The van der Waals surface area contributed by atoms with Gasteiger partial charge in [0.25, 0.3) is 0 Å². The summed E-state index contributed by atoms with van der Waals surface area (Å²) in [4.78, 5) is 12.7. The number of nitrogens with zero attached hydrogens (tertiary/aromatic N) is 1. The molecule has 0 radical (unpaired) electrons. The van der Waals surface area contributed by atoms with Crippen LogP contribution in [0.4, 0.5) is 0 Å². The fourth-order valence-corrected chi connectivity index (χ4v) is 2.01. The van der Waals surface area contributed by atoms with Crippen LogP contribution in [0.3, 0.4) is 0 Å². The molecule has 0 spiro atoms. The molecule has 1 heterocycles. The predicted octanol–water partition coefficient (Wildman–Crippen LogP) is -0.0688. The molecule has 3 unspecified atom stereocenters. The number of carbonyl (C=O) groups is 1. The van der Waals surface area contributed by atoms with Crippen molar-refractivity contribution in [2.75, 3.05) is 19.7 Å². The number of hydrogen-bond donors (Lipinski definition) is 2. The van der Waals surface area contributed by atoms with Crippen LogP contribution in [0.1, 0.15) is 20.3 Å². The van der Waals surface area contributed by atoms with Crippen molar-refractivity contribution in [3.8, 4) is 0 Å². The second-order valence-electron chi connectivity index (χ2n) is 3.78. The highest BCUT2D eigenvalue weighted by Gasteiger charge is 2.37. The molecule has 15 heavy (non-hydrogen) atoms. The standard InChI is InChI=1S/C10H19NO4/c1-3-7(10(13)14)11-5-8(12)9(6-11)15-4-2/h7-9,12H,3-6H2,1-2H3,(H,13,14). The van der Waals surface area contributed by atoms with Crippen LogP contribution in [-0.4, -0.2) is 59.0 Å². The third-order valence-electron chi connectivity index (χ3n) is 2.76. The van der Waals surface area contributed by atoms with Crippen molar-refractivity contribution in [3.05, 3.63) is 0 Å². The minimum Gasteiger partial charge on any atom is -0.480 e. The van der Waals surface area contributed by atoms with Gasteiger partial charge in [0.15, 0.2) is 0 Å². The fourth-order valence-electron chi connectivity index (χ4n) is 2.01. The van der Waals surface area contributed by atoms with E-state index < -0.39 is 18.1 Å². The van der Waals surface area contributed by atoms with Crippen molar-refractivity contribution in [1.29, 1.82) is 0 Å². The summed E-state index contributed by atoms with van der Waals surface area (Å²) in [6.45, 7) is 5.12. The normalized spacial score (nSPS) is 29.3. The zero-order valence-electron chi connectivity index (χ0n) is 9.22. The van der Waals surface area contributed by atoms with Gasteiger partial charge in [-0.2, -0.15) is 0 Å². The minimum atomic E-state index is -0.832. The lowest BCUT2D eigenvalue weighted by Crippen LogP contribution is -2.40. The largest absolute Gasteiger partial charge is 0.480 e. The molecule has 0 aromatic rings. The molecule has 1 rings (SSSR count). The second-order valence-corrected chi connectivity index (χ2v) is 3.78. The Kier molecular flexibility index (Phi) is 4.50. The lowest BCUT2D eigenvalue weighted by molar-refractivity contribution is -0.143. The number of aliphatic hydroxyl groups is 1. The summed E-state index contributed by atoms with van der Waals surface area (Å²) in [6.07, 6.45) is -0.275. The average molecular weight is 217 g/mol. The van der Waals surface area contributed by atoms with Gasteiger partial charge in [0.2, 0.25) is 0 Å². The first-order valence-corrected chi connectivity index (χ1v) is 5.36. The van der Waals surface area contributed by atoms with Crippen LogP contribution in [0.25, 0.3) is 0 Å². The maximum Gasteiger partial charge on any atom is 0.320 e. The summed E-state index contributed by atoms with van der Waals surface area (Å²) in [6, 6.07) is -0.509. The van der Waals surface area contributed by atoms with E-state index in [4.69, 9.17) is 9.84 Å². The predicted molar refractivity (Wildman–Crippen MR) is 54.7 cm³/mol. The van der Waals surface area contributed by atoms with E-state index in [1.54, 1.807) is 4.90 Å². The number of carboxylic acids is 1. The molecule has 1 saturated heterocycles. The fraction of sp³-hybridized carbons (Fsp3) is 0.900. The molecule has 0 bridgehead atoms. The van der Waals surface area contributed by atoms with E-state index in [2.05, 4.69) is 0 Å². The summed E-state index contributed by atoms with van der Waals surface area (Å²) in [5, 5.41) is 18.6. The van der Waals surface area contributed by atoms with Gasteiger partial charge >= 0.3 is 5.97 Å². The van der Waals surface area contributed by atoms with Gasteiger partial charge in [-0.15, -0.1) is 0 Å². The number of β-amino-alcohol motifs (C(OH)–C–C–N with tert-alkyl or cyclic N) is 1. The maximum absolute atomic E-state index is 10.9. The highest BCUT2D eigenvalue weighted by Crippen LogP contribution is 2.18. The SMILES string of the molecule is CCOC1CN(C(CC)C(=O)O)CC1O. The van der Waals surface area contributed by atoms with Crippen LogP contribution < -0.4 is 0 Å². The Labute approximate surface area is 89.6 Å². The maximum atomic E-state index is 10.9. The van der Waals surface area contributed by atoms with Crippen molar-refractivity contribution in [2.45, 2.75) is 38.5 Å². The molecule has 1 aliphatic heterocycles. The summed E-state index contributed by atoms with van der Waals surface area (Å²) < 4.78 is 5.34. The lowest BCUT2D eigenvalue weighted by Gasteiger charge is -2.22. The van der Waals surface area contributed by atoms with Crippen LogP contribution in [0, 0.1) is 0 Å². The summed E-state index contributed by atoms with van der Waals surface area (Å²) in [5.74, 6) is -0.832. The van der Waals surface area contributed by atoms with Gasteiger partial charge in [0, 0.05) is 19.7 Å². The van der Waals surface area contributed by atoms with E-state index >= 15 is 0 Å². The molecule has 1 fully saturated rings. The number of rotatable bonds is 5. The first-order chi connectivity index (χ1) is 7.10. The van der Waals surface area contributed by atoms with Crippen LogP contribution in [0.2, 0.25) is 0 Å². The Morgan fingerprint density at radius 1 is 1.53 bits per heavy atom. The Balaban J connectivity index is 2.55. The first-order valence-electron chi connectivity index (χ1n) is 5.36. The summed E-state index contributed by atoms with van der Waals surface area (Å²) >= 11 is 0. The zero-order valence-corrected chi connectivity index (χ0v) is 9.22. The van der Waals surface area contributed by atoms with E-state index in [9.17, 15) is 9.90 Å². The Bertz CT molecular complexity index is 221. The van der Waals surface area contributed by atoms with Gasteiger partial charge in [-0.3, -0.25) is 9.69 Å². The molecule has 5 heteroatoms. The number of hydrogen-bond acceptors (Lipinski definition) is 4. The Morgan fingerprint density at radius 2 is 2.20 bits per heavy atom. The van der Waals surface area contributed by atoms with Crippen molar-refractivity contribution in [1.82, 2.24) is 4.90 Å². The molecule has 2 N–H and O–H groups in total. The van der Waals surface area contributed by atoms with Crippen molar-refractivity contribution in [3.63, 3.8) is 0 Å². The highest BCUT2D eigenvalue weighted by molar-refractivity contribution is 5.73. The lowest BCUT2D eigenvalue weighted by atomic mass is 10.2. The van der Waals surface area contributed by atoms with Crippen LogP contribution in [0.15, 0.2) is 0 Å². The monoisotopic (exact) mass is 217 g/mol. The topological polar surface area (TPSA) is 70.0 Å². The third-order valence-corrected chi connectivity index (χ3v) is 2.76. The third kappa shape index (κ3) is 2.90. The second kappa shape index (κ2) is 5.44. The number of carboxylic acid groups (broad SMARTS) is 1. The van der Waals surface area contributed by atoms with Gasteiger partial charge in [0.05, 0.1) is 12.2 Å². The molecule has 0 aliphatic carbocycles. The molecule has 3 atom stereocenters. The Morgan fingerprint density at radius 3 is 2.67 bits per heavy atom. The van der Waals surface area contributed by atoms with Gasteiger partial charge < -0.3 is 14.9 Å². The number of aliphatic hydroxyl groups excluding tert-OH is 1. The molecule has 0 aromatic heterocycles. The van der Waals surface area contributed by atoms with E-state index in [0.717, 1.165) is 0 Å². The number of aliphatic carboxylic acids is 1. The summed E-state index contributed by atoms with van der Waals surface area (Å²) in [7, 11) is 0. The van der Waals surface area contributed by atoms with E-state index in [1.807, 2.05) is 13.8 Å². The van der Waals surface area contributed by atoms with E-state index in [0.29, 0.717) is 26.1 Å².